The van der Waals surface area contributed by atoms with E-state index in [2.05, 4.69) is 29.2 Å². The van der Waals surface area contributed by atoms with Gasteiger partial charge in [-0.05, 0) is 29.9 Å². The van der Waals surface area contributed by atoms with Crippen molar-refractivity contribution in [3.63, 3.8) is 0 Å². The number of morpholine rings is 1. The molecule has 1 unspecified atom stereocenters. The molecule has 20 heavy (non-hydrogen) atoms. The summed E-state index contributed by atoms with van der Waals surface area (Å²) in [6.07, 6.45) is 2.77. The lowest BCUT2D eigenvalue weighted by molar-refractivity contribution is -0.140. The van der Waals surface area contributed by atoms with Crippen molar-refractivity contribution >= 4 is 5.97 Å². The molecule has 1 aromatic carbocycles. The molecule has 1 aromatic rings. The van der Waals surface area contributed by atoms with E-state index in [1.807, 2.05) is 0 Å². The van der Waals surface area contributed by atoms with Gasteiger partial charge in [-0.15, -0.1) is 0 Å². The molecule has 0 aromatic heterocycles. The van der Waals surface area contributed by atoms with E-state index in [9.17, 15) is 4.79 Å². The predicted molar refractivity (Wildman–Crippen MR) is 75.7 cm³/mol. The Morgan fingerprint density at radius 1 is 1.40 bits per heavy atom. The minimum Gasteiger partial charge on any atom is -0.481 e. The molecule has 4 nitrogen and oxygen atoms in total. The average Bonchev–Trinajstić information content (AvgIpc) is 3.25. The first-order chi connectivity index (χ1) is 9.72. The van der Waals surface area contributed by atoms with Crippen molar-refractivity contribution in [1.29, 1.82) is 0 Å². The van der Waals surface area contributed by atoms with Crippen molar-refractivity contribution in [3.05, 3.63) is 35.4 Å². The van der Waals surface area contributed by atoms with Gasteiger partial charge >= 0.3 is 5.97 Å². The van der Waals surface area contributed by atoms with Gasteiger partial charge < -0.3 is 9.84 Å². The van der Waals surface area contributed by atoms with Crippen LogP contribution in [0.3, 0.4) is 0 Å². The highest BCUT2D eigenvalue weighted by Gasteiger charge is 2.26. The van der Waals surface area contributed by atoms with Crippen molar-refractivity contribution in [1.82, 2.24) is 4.90 Å². The number of carboxylic acids is 1. The molecule has 1 aliphatic carbocycles. The third kappa shape index (κ3) is 3.38. The van der Waals surface area contributed by atoms with Crippen LogP contribution in [0.5, 0.6) is 0 Å². The summed E-state index contributed by atoms with van der Waals surface area (Å²) in [6, 6.07) is 8.74. The van der Waals surface area contributed by atoms with E-state index in [0.29, 0.717) is 13.2 Å². The Balaban J connectivity index is 1.67. The SMILES string of the molecule is O=C(O)CC1COCCN1Cc1cccc(C2CC2)c1. The molecule has 3 rings (SSSR count). The van der Waals surface area contributed by atoms with Crippen LogP contribution < -0.4 is 0 Å². The van der Waals surface area contributed by atoms with Gasteiger partial charge in [-0.3, -0.25) is 9.69 Å². The van der Waals surface area contributed by atoms with Gasteiger partial charge in [0.25, 0.3) is 0 Å². The quantitative estimate of drug-likeness (QED) is 0.895. The summed E-state index contributed by atoms with van der Waals surface area (Å²) >= 11 is 0. The molecule has 1 heterocycles. The summed E-state index contributed by atoms with van der Waals surface area (Å²) < 4.78 is 5.42. The lowest BCUT2D eigenvalue weighted by Gasteiger charge is -2.34. The monoisotopic (exact) mass is 275 g/mol. The fraction of sp³-hybridized carbons (Fsp3) is 0.562. The van der Waals surface area contributed by atoms with Gasteiger partial charge in [-0.2, -0.15) is 0 Å². The van der Waals surface area contributed by atoms with Gasteiger partial charge in [-0.1, -0.05) is 24.3 Å². The van der Waals surface area contributed by atoms with E-state index in [-0.39, 0.29) is 12.5 Å². The number of hydrogen-bond donors (Lipinski definition) is 1. The third-order valence-corrected chi connectivity index (χ3v) is 4.15. The minimum absolute atomic E-state index is 0.00849. The van der Waals surface area contributed by atoms with Crippen LogP contribution in [0.25, 0.3) is 0 Å². The lowest BCUT2D eigenvalue weighted by Crippen LogP contribution is -2.45. The fourth-order valence-corrected chi connectivity index (χ4v) is 2.88. The van der Waals surface area contributed by atoms with E-state index in [4.69, 9.17) is 9.84 Å². The smallest absolute Gasteiger partial charge is 0.305 e. The molecule has 1 N–H and O–H groups in total. The topological polar surface area (TPSA) is 49.8 Å². The Labute approximate surface area is 119 Å². The molecule has 1 aliphatic heterocycles. The number of nitrogens with zero attached hydrogens (tertiary/aromatic N) is 1. The van der Waals surface area contributed by atoms with Crippen LogP contribution in [0.1, 0.15) is 36.3 Å². The normalized spacial score (nSPS) is 23.7. The van der Waals surface area contributed by atoms with Crippen molar-refractivity contribution < 1.29 is 14.6 Å². The zero-order valence-corrected chi connectivity index (χ0v) is 11.6. The van der Waals surface area contributed by atoms with Crippen LogP contribution in [0, 0.1) is 0 Å². The standard InChI is InChI=1S/C16H21NO3/c18-16(19)9-15-11-20-7-6-17(15)10-12-2-1-3-14(8-12)13-4-5-13/h1-3,8,13,15H,4-7,9-11H2,(H,18,19). The largest absolute Gasteiger partial charge is 0.481 e. The van der Waals surface area contributed by atoms with E-state index < -0.39 is 5.97 Å². The van der Waals surface area contributed by atoms with E-state index in [1.54, 1.807) is 0 Å². The van der Waals surface area contributed by atoms with Gasteiger partial charge in [0, 0.05) is 19.1 Å². The molecule has 108 valence electrons. The molecule has 0 amide bonds. The first-order valence-electron chi connectivity index (χ1n) is 7.35. The van der Waals surface area contributed by atoms with Gasteiger partial charge in [0.2, 0.25) is 0 Å². The van der Waals surface area contributed by atoms with Gasteiger partial charge in [0.05, 0.1) is 19.6 Å². The molecule has 1 saturated heterocycles. The minimum atomic E-state index is -0.753. The number of benzene rings is 1. The Bertz CT molecular complexity index is 484. The van der Waals surface area contributed by atoms with Crippen molar-refractivity contribution in [2.45, 2.75) is 37.8 Å². The van der Waals surface area contributed by atoms with Gasteiger partial charge in [-0.25, -0.2) is 0 Å². The van der Waals surface area contributed by atoms with Gasteiger partial charge in [0.15, 0.2) is 0 Å². The predicted octanol–water partition coefficient (Wildman–Crippen LogP) is 2.24. The Morgan fingerprint density at radius 2 is 2.25 bits per heavy atom. The number of rotatable bonds is 5. The van der Waals surface area contributed by atoms with Crippen LogP contribution in [-0.2, 0) is 16.1 Å². The van der Waals surface area contributed by atoms with E-state index in [1.165, 1.54) is 24.0 Å². The van der Waals surface area contributed by atoms with E-state index >= 15 is 0 Å². The number of carboxylic acid groups (broad SMARTS) is 1. The zero-order chi connectivity index (χ0) is 13.9. The Hall–Kier alpha value is -1.39. The second-order valence-corrected chi connectivity index (χ2v) is 5.82. The summed E-state index contributed by atoms with van der Waals surface area (Å²) in [5, 5.41) is 8.99. The molecule has 2 aliphatic rings. The summed E-state index contributed by atoms with van der Waals surface area (Å²) in [4.78, 5) is 13.2. The van der Waals surface area contributed by atoms with Crippen LogP contribution >= 0.6 is 0 Å². The van der Waals surface area contributed by atoms with Crippen molar-refractivity contribution in [3.8, 4) is 0 Å². The Morgan fingerprint density at radius 3 is 3.00 bits per heavy atom. The van der Waals surface area contributed by atoms with Crippen LogP contribution in [0.2, 0.25) is 0 Å². The average molecular weight is 275 g/mol. The second kappa shape index (κ2) is 5.94. The highest BCUT2D eigenvalue weighted by molar-refractivity contribution is 5.67. The molecule has 4 heteroatoms. The third-order valence-electron chi connectivity index (χ3n) is 4.15. The second-order valence-electron chi connectivity index (χ2n) is 5.82. The first-order valence-corrected chi connectivity index (χ1v) is 7.35. The maximum atomic E-state index is 10.9. The van der Waals surface area contributed by atoms with Crippen LogP contribution in [0.15, 0.2) is 24.3 Å². The van der Waals surface area contributed by atoms with Gasteiger partial charge in [0.1, 0.15) is 0 Å². The fourth-order valence-electron chi connectivity index (χ4n) is 2.88. The molecule has 1 atom stereocenters. The summed E-state index contributed by atoms with van der Waals surface area (Å²) in [7, 11) is 0. The molecular formula is C16H21NO3. The molecule has 0 spiro atoms. The van der Waals surface area contributed by atoms with Crippen LogP contribution in [-0.4, -0.2) is 41.8 Å². The molecular weight excluding hydrogens is 254 g/mol. The van der Waals surface area contributed by atoms with Crippen LogP contribution in [0.4, 0.5) is 0 Å². The van der Waals surface area contributed by atoms with Crippen molar-refractivity contribution in [2.24, 2.45) is 0 Å². The number of carbonyl (C=O) groups is 1. The first kappa shape index (κ1) is 13.6. The number of ether oxygens (including phenoxy) is 1. The van der Waals surface area contributed by atoms with Crippen molar-refractivity contribution in [2.75, 3.05) is 19.8 Å². The zero-order valence-electron chi connectivity index (χ0n) is 11.6. The number of hydrogen-bond acceptors (Lipinski definition) is 3. The number of aliphatic carboxylic acids is 1. The molecule has 0 radical (unpaired) electrons. The summed E-state index contributed by atoms with van der Waals surface area (Å²) in [6.45, 7) is 2.85. The maximum absolute atomic E-state index is 10.9. The molecule has 0 bridgehead atoms. The highest BCUT2D eigenvalue weighted by Crippen LogP contribution is 2.40. The summed E-state index contributed by atoms with van der Waals surface area (Å²) in [5.74, 6) is 0.00619. The highest BCUT2D eigenvalue weighted by atomic mass is 16.5. The summed E-state index contributed by atoms with van der Waals surface area (Å²) in [5.41, 5.74) is 2.72. The molecule has 1 saturated carbocycles. The maximum Gasteiger partial charge on any atom is 0.305 e. The molecule has 2 fully saturated rings. The lowest BCUT2D eigenvalue weighted by atomic mass is 10.1. The van der Waals surface area contributed by atoms with E-state index in [0.717, 1.165) is 19.0 Å². The Kier molecular flexibility index (Phi) is 4.03.